The quantitative estimate of drug-likeness (QED) is 0.246. The van der Waals surface area contributed by atoms with Crippen LogP contribution in [0.5, 0.6) is 0 Å². The lowest BCUT2D eigenvalue weighted by molar-refractivity contribution is -0.129. The van der Waals surface area contributed by atoms with Crippen molar-refractivity contribution in [2.75, 3.05) is 13.1 Å². The summed E-state index contributed by atoms with van der Waals surface area (Å²) in [6, 6.07) is 0. The Kier molecular flexibility index (Phi) is 9.89. The largest absolute Gasteiger partial charge is 0.354 e. The molecule has 1 amide bonds. The van der Waals surface area contributed by atoms with Gasteiger partial charge in [0, 0.05) is 13.1 Å². The number of nitrogens with two attached hydrogens (primary N) is 1. The van der Waals surface area contributed by atoms with Gasteiger partial charge in [0.1, 0.15) is 0 Å². The van der Waals surface area contributed by atoms with Crippen molar-refractivity contribution in [1.82, 2.24) is 5.32 Å². The van der Waals surface area contributed by atoms with Crippen molar-refractivity contribution >= 4 is 5.91 Å². The average Bonchev–Trinajstić information content (AvgIpc) is 3.57. The Labute approximate surface area is 167 Å². The Bertz CT molecular complexity index is 449. The third-order valence-corrected chi connectivity index (χ3v) is 6.90. The molecular formula is C24H44N2O. The number of nitrogens with one attached hydrogen (secondary N) is 1. The summed E-state index contributed by atoms with van der Waals surface area (Å²) >= 11 is 0. The normalized spacial score (nSPS) is 19.3. The number of hydrogen-bond donors (Lipinski definition) is 2. The van der Waals surface area contributed by atoms with E-state index in [4.69, 9.17) is 5.73 Å². The molecule has 0 spiro atoms. The zero-order valence-corrected chi connectivity index (χ0v) is 17.9. The van der Waals surface area contributed by atoms with Crippen molar-refractivity contribution < 1.29 is 4.79 Å². The summed E-state index contributed by atoms with van der Waals surface area (Å²) in [5.74, 6) is 0.295. The predicted octanol–water partition coefficient (Wildman–Crippen LogP) is 5.88. The smallest absolute Gasteiger partial charge is 0.226 e. The molecule has 0 aromatic rings. The molecule has 3 heteroatoms. The van der Waals surface area contributed by atoms with Gasteiger partial charge in [-0.2, -0.15) is 0 Å². The molecule has 0 radical (unpaired) electrons. The maximum atomic E-state index is 12.5. The molecule has 2 aliphatic carbocycles. The van der Waals surface area contributed by atoms with Gasteiger partial charge in [-0.3, -0.25) is 4.79 Å². The Balaban J connectivity index is 1.48. The highest BCUT2D eigenvalue weighted by Gasteiger charge is 2.68. The molecule has 27 heavy (non-hydrogen) atoms. The van der Waals surface area contributed by atoms with E-state index < -0.39 is 0 Å². The number of unbranched alkanes of at least 4 members (excludes halogenated alkanes) is 9. The first-order chi connectivity index (χ1) is 13.2. The zero-order valence-electron chi connectivity index (χ0n) is 17.9. The van der Waals surface area contributed by atoms with E-state index in [2.05, 4.69) is 24.4 Å². The van der Waals surface area contributed by atoms with Crippen LogP contribution < -0.4 is 11.1 Å². The van der Waals surface area contributed by atoms with E-state index in [1.165, 1.54) is 89.9 Å². The van der Waals surface area contributed by atoms with Crippen LogP contribution in [-0.4, -0.2) is 19.0 Å². The van der Waals surface area contributed by atoms with Crippen molar-refractivity contribution in [2.24, 2.45) is 16.6 Å². The Hall–Kier alpha value is -0.830. The first-order valence-electron chi connectivity index (χ1n) is 11.8. The summed E-state index contributed by atoms with van der Waals surface area (Å²) in [5, 5.41) is 3.06. The molecule has 3 N–H and O–H groups in total. The molecule has 0 aliphatic heterocycles. The van der Waals surface area contributed by atoms with E-state index in [9.17, 15) is 4.79 Å². The highest BCUT2D eigenvalue weighted by Crippen LogP contribution is 2.72. The van der Waals surface area contributed by atoms with Gasteiger partial charge in [0.25, 0.3) is 0 Å². The van der Waals surface area contributed by atoms with Gasteiger partial charge < -0.3 is 11.1 Å². The molecule has 0 saturated heterocycles. The fourth-order valence-corrected chi connectivity index (χ4v) is 4.78. The zero-order chi connectivity index (χ0) is 19.4. The third-order valence-electron chi connectivity index (χ3n) is 6.90. The van der Waals surface area contributed by atoms with Crippen molar-refractivity contribution in [3.05, 3.63) is 12.2 Å². The first-order valence-corrected chi connectivity index (χ1v) is 11.8. The fraction of sp³-hybridized carbons (Fsp3) is 0.875. The summed E-state index contributed by atoms with van der Waals surface area (Å²) < 4.78 is 0. The molecule has 0 aromatic heterocycles. The second-order valence-electron chi connectivity index (χ2n) is 9.03. The van der Waals surface area contributed by atoms with Crippen LogP contribution in [0.3, 0.4) is 0 Å². The SMILES string of the molecule is CCCCCCCC/C=C\CCCCCC1(C2(C(=O)NCCN)CC2)CC1. The third kappa shape index (κ3) is 6.93. The highest BCUT2D eigenvalue weighted by molar-refractivity contribution is 5.86. The lowest BCUT2D eigenvalue weighted by Crippen LogP contribution is -2.40. The van der Waals surface area contributed by atoms with Crippen LogP contribution in [0.4, 0.5) is 0 Å². The van der Waals surface area contributed by atoms with Crippen molar-refractivity contribution in [2.45, 2.75) is 110 Å². The minimum atomic E-state index is -0.0147. The standard InChI is InChI=1S/C24H44N2O/c1-2-3-4-5-6-7-8-9-10-11-12-13-14-15-23(16-17-23)24(18-19-24)22(27)26-21-20-25/h9-10H,2-8,11-21,25H2,1H3,(H,26,27)/b10-9-. The summed E-state index contributed by atoms with van der Waals surface area (Å²) in [5.41, 5.74) is 5.87. The van der Waals surface area contributed by atoms with Gasteiger partial charge >= 0.3 is 0 Å². The van der Waals surface area contributed by atoms with Crippen LogP contribution >= 0.6 is 0 Å². The maximum absolute atomic E-state index is 12.5. The molecule has 0 heterocycles. The van der Waals surface area contributed by atoms with E-state index >= 15 is 0 Å². The summed E-state index contributed by atoms with van der Waals surface area (Å²) in [6.07, 6.45) is 25.5. The number of rotatable bonds is 17. The summed E-state index contributed by atoms with van der Waals surface area (Å²) in [4.78, 5) is 12.5. The molecule has 2 aliphatic rings. The van der Waals surface area contributed by atoms with Crippen molar-refractivity contribution in [1.29, 1.82) is 0 Å². The van der Waals surface area contributed by atoms with Crippen LogP contribution in [0.1, 0.15) is 110 Å². The minimum absolute atomic E-state index is 0.0147. The molecule has 2 saturated carbocycles. The summed E-state index contributed by atoms with van der Waals surface area (Å²) in [6.45, 7) is 3.44. The lowest BCUT2D eigenvalue weighted by Gasteiger charge is -2.26. The van der Waals surface area contributed by atoms with E-state index in [0.29, 0.717) is 24.4 Å². The summed E-state index contributed by atoms with van der Waals surface area (Å²) in [7, 11) is 0. The monoisotopic (exact) mass is 376 g/mol. The van der Waals surface area contributed by atoms with Gasteiger partial charge in [-0.05, 0) is 63.2 Å². The highest BCUT2D eigenvalue weighted by atomic mass is 16.2. The Morgan fingerprint density at radius 1 is 0.889 bits per heavy atom. The van der Waals surface area contributed by atoms with Gasteiger partial charge in [-0.15, -0.1) is 0 Å². The van der Waals surface area contributed by atoms with Crippen LogP contribution in [0.15, 0.2) is 12.2 Å². The topological polar surface area (TPSA) is 55.1 Å². The molecule has 3 nitrogen and oxygen atoms in total. The molecule has 156 valence electrons. The maximum Gasteiger partial charge on any atom is 0.226 e. The lowest BCUT2D eigenvalue weighted by atomic mass is 9.80. The van der Waals surface area contributed by atoms with Gasteiger partial charge in [0.2, 0.25) is 5.91 Å². The van der Waals surface area contributed by atoms with Gasteiger partial charge in [-0.25, -0.2) is 0 Å². The van der Waals surface area contributed by atoms with Crippen molar-refractivity contribution in [3.8, 4) is 0 Å². The van der Waals surface area contributed by atoms with Gasteiger partial charge in [-0.1, -0.05) is 64.0 Å². The van der Waals surface area contributed by atoms with Crippen LogP contribution in [-0.2, 0) is 4.79 Å². The first kappa shape index (κ1) is 22.5. The number of carbonyl (C=O) groups is 1. The average molecular weight is 377 g/mol. The number of hydrogen-bond acceptors (Lipinski definition) is 2. The van der Waals surface area contributed by atoms with E-state index in [1.54, 1.807) is 0 Å². The van der Waals surface area contributed by atoms with Crippen LogP contribution in [0.25, 0.3) is 0 Å². The van der Waals surface area contributed by atoms with E-state index in [-0.39, 0.29) is 5.41 Å². The molecule has 0 atom stereocenters. The molecule has 0 aromatic carbocycles. The fourth-order valence-electron chi connectivity index (χ4n) is 4.78. The molecule has 0 unspecified atom stereocenters. The second-order valence-corrected chi connectivity index (χ2v) is 9.03. The Morgan fingerprint density at radius 2 is 1.48 bits per heavy atom. The molecule has 2 rings (SSSR count). The van der Waals surface area contributed by atoms with Crippen molar-refractivity contribution in [3.63, 3.8) is 0 Å². The van der Waals surface area contributed by atoms with Gasteiger partial charge in [0.05, 0.1) is 5.41 Å². The number of allylic oxidation sites excluding steroid dienone is 2. The Morgan fingerprint density at radius 3 is 2.04 bits per heavy atom. The molecular weight excluding hydrogens is 332 g/mol. The molecule has 2 fully saturated rings. The van der Waals surface area contributed by atoms with Gasteiger partial charge in [0.15, 0.2) is 0 Å². The van der Waals surface area contributed by atoms with Crippen LogP contribution in [0, 0.1) is 10.8 Å². The van der Waals surface area contributed by atoms with Crippen LogP contribution in [0.2, 0.25) is 0 Å². The minimum Gasteiger partial charge on any atom is -0.354 e. The predicted molar refractivity (Wildman–Crippen MR) is 116 cm³/mol. The number of carbonyl (C=O) groups excluding carboxylic acids is 1. The van der Waals surface area contributed by atoms with E-state index in [0.717, 1.165) is 12.8 Å². The number of amides is 1. The second kappa shape index (κ2) is 11.9. The van der Waals surface area contributed by atoms with E-state index in [1.807, 2.05) is 0 Å². The molecule has 0 bridgehead atoms.